The Morgan fingerprint density at radius 3 is 2.56 bits per heavy atom. The molecule has 1 saturated heterocycles. The average molecular weight is 339 g/mol. The van der Waals surface area contributed by atoms with E-state index in [-0.39, 0.29) is 5.41 Å². The van der Waals surface area contributed by atoms with Crippen LogP contribution in [0.5, 0.6) is 0 Å². The topological polar surface area (TPSA) is 59.2 Å². The predicted molar refractivity (Wildman–Crippen MR) is 94.0 cm³/mol. The number of hydrogen-bond acceptors (Lipinski definition) is 4. The quantitative estimate of drug-likeness (QED) is 0.839. The van der Waals surface area contributed by atoms with Crippen molar-refractivity contribution in [1.82, 2.24) is 15.0 Å². The van der Waals surface area contributed by atoms with E-state index in [0.29, 0.717) is 17.7 Å². The van der Waals surface area contributed by atoms with E-state index in [4.69, 9.17) is 4.52 Å². The van der Waals surface area contributed by atoms with Crippen molar-refractivity contribution in [1.29, 1.82) is 0 Å². The number of likely N-dealkylation sites (tertiary alicyclic amines) is 1. The molecule has 2 aromatic rings. The monoisotopic (exact) mass is 339 g/mol. The molecule has 1 saturated carbocycles. The number of carbonyl (C=O) groups is 1. The lowest BCUT2D eigenvalue weighted by atomic mass is 9.89. The lowest BCUT2D eigenvalue weighted by molar-refractivity contribution is -0.135. The maximum atomic E-state index is 13.1. The molecular formula is C20H25N3O2. The highest BCUT2D eigenvalue weighted by molar-refractivity contribution is 5.91. The minimum atomic E-state index is -0.226. The number of amides is 1. The van der Waals surface area contributed by atoms with E-state index in [0.717, 1.165) is 57.4 Å². The summed E-state index contributed by atoms with van der Waals surface area (Å²) in [4.78, 5) is 19.4. The van der Waals surface area contributed by atoms with Crippen LogP contribution in [-0.2, 0) is 16.6 Å². The minimum Gasteiger partial charge on any atom is -0.342 e. The fraction of sp³-hybridized carbons (Fsp3) is 0.550. The van der Waals surface area contributed by atoms with Crippen LogP contribution in [-0.4, -0.2) is 34.0 Å². The van der Waals surface area contributed by atoms with E-state index in [1.807, 2.05) is 25.1 Å². The number of rotatable bonds is 5. The summed E-state index contributed by atoms with van der Waals surface area (Å²) in [7, 11) is 0. The van der Waals surface area contributed by atoms with Crippen LogP contribution in [0.2, 0.25) is 0 Å². The van der Waals surface area contributed by atoms with E-state index in [1.54, 1.807) is 0 Å². The molecule has 1 aromatic carbocycles. The zero-order chi connectivity index (χ0) is 17.3. The highest BCUT2D eigenvalue weighted by atomic mass is 16.5. The maximum Gasteiger partial charge on any atom is 0.233 e. The maximum absolute atomic E-state index is 13.1. The number of aryl methyl sites for hydroxylation is 2. The third-order valence-corrected chi connectivity index (χ3v) is 5.73. The fourth-order valence-electron chi connectivity index (χ4n) is 4.01. The van der Waals surface area contributed by atoms with Gasteiger partial charge in [-0.15, -0.1) is 0 Å². The van der Waals surface area contributed by atoms with Gasteiger partial charge in [0.1, 0.15) is 0 Å². The van der Waals surface area contributed by atoms with Crippen LogP contribution in [0.15, 0.2) is 34.9 Å². The first kappa shape index (κ1) is 16.3. The Morgan fingerprint density at radius 1 is 1.24 bits per heavy atom. The van der Waals surface area contributed by atoms with Gasteiger partial charge in [0.25, 0.3) is 0 Å². The molecule has 0 radical (unpaired) electrons. The molecule has 0 atom stereocenters. The van der Waals surface area contributed by atoms with Crippen molar-refractivity contribution in [3.63, 3.8) is 0 Å². The molecule has 1 aliphatic heterocycles. The molecule has 0 spiro atoms. The highest BCUT2D eigenvalue weighted by Gasteiger charge is 2.53. The molecule has 1 aliphatic carbocycles. The molecule has 1 aromatic heterocycles. The van der Waals surface area contributed by atoms with Gasteiger partial charge in [-0.05, 0) is 43.6 Å². The molecule has 132 valence electrons. The Hall–Kier alpha value is -2.17. The number of hydrogen-bond donors (Lipinski definition) is 0. The van der Waals surface area contributed by atoms with Gasteiger partial charge in [-0.2, -0.15) is 4.98 Å². The van der Waals surface area contributed by atoms with Crippen LogP contribution in [0.3, 0.4) is 0 Å². The van der Waals surface area contributed by atoms with Gasteiger partial charge in [-0.25, -0.2) is 0 Å². The average Bonchev–Trinajstić information content (AvgIpc) is 3.37. The predicted octanol–water partition coefficient (Wildman–Crippen LogP) is 3.28. The van der Waals surface area contributed by atoms with Gasteiger partial charge in [0, 0.05) is 26.4 Å². The van der Waals surface area contributed by atoms with Gasteiger partial charge in [-0.1, -0.05) is 35.5 Å². The van der Waals surface area contributed by atoms with Crippen LogP contribution in [0, 0.1) is 12.8 Å². The van der Waals surface area contributed by atoms with E-state index in [2.05, 4.69) is 27.2 Å². The molecule has 5 heteroatoms. The van der Waals surface area contributed by atoms with Crippen molar-refractivity contribution in [3.8, 4) is 0 Å². The summed E-state index contributed by atoms with van der Waals surface area (Å²) in [6, 6.07) is 10.3. The Labute approximate surface area is 148 Å². The number of carbonyl (C=O) groups excluding carboxylic acids is 1. The molecule has 5 nitrogen and oxygen atoms in total. The van der Waals surface area contributed by atoms with Crippen LogP contribution in [0.25, 0.3) is 0 Å². The molecule has 0 bridgehead atoms. The fourth-order valence-corrected chi connectivity index (χ4v) is 4.01. The second kappa shape index (κ2) is 6.62. The number of nitrogens with zero attached hydrogens (tertiary/aromatic N) is 3. The standard InChI is InChI=1S/C20H25N3O2/c1-15-21-18(22-25-15)8-7-16-9-13-23(14-10-16)19(24)20(11-12-20)17-5-3-2-4-6-17/h2-6,16H,7-14H2,1H3. The highest BCUT2D eigenvalue weighted by Crippen LogP contribution is 2.49. The lowest BCUT2D eigenvalue weighted by Gasteiger charge is -2.34. The number of benzene rings is 1. The van der Waals surface area contributed by atoms with Crippen molar-refractivity contribution >= 4 is 5.91 Å². The first-order valence-electron chi connectivity index (χ1n) is 9.31. The molecule has 0 unspecified atom stereocenters. The third kappa shape index (κ3) is 3.32. The van der Waals surface area contributed by atoms with E-state index >= 15 is 0 Å². The molecule has 2 aliphatic rings. The van der Waals surface area contributed by atoms with Gasteiger partial charge < -0.3 is 9.42 Å². The Kier molecular flexibility index (Phi) is 4.32. The molecule has 4 rings (SSSR count). The van der Waals surface area contributed by atoms with Crippen molar-refractivity contribution in [3.05, 3.63) is 47.6 Å². The van der Waals surface area contributed by atoms with Gasteiger partial charge in [0.2, 0.25) is 11.8 Å². The Morgan fingerprint density at radius 2 is 1.96 bits per heavy atom. The first-order valence-corrected chi connectivity index (χ1v) is 9.31. The smallest absolute Gasteiger partial charge is 0.233 e. The van der Waals surface area contributed by atoms with E-state index in [9.17, 15) is 4.79 Å². The van der Waals surface area contributed by atoms with Gasteiger partial charge in [-0.3, -0.25) is 4.79 Å². The third-order valence-electron chi connectivity index (χ3n) is 5.73. The number of piperidine rings is 1. The summed E-state index contributed by atoms with van der Waals surface area (Å²) < 4.78 is 5.03. The second-order valence-corrected chi connectivity index (χ2v) is 7.45. The zero-order valence-corrected chi connectivity index (χ0v) is 14.8. The van der Waals surface area contributed by atoms with Gasteiger partial charge >= 0.3 is 0 Å². The van der Waals surface area contributed by atoms with Crippen molar-refractivity contribution in [2.75, 3.05) is 13.1 Å². The summed E-state index contributed by atoms with van der Waals surface area (Å²) >= 11 is 0. The minimum absolute atomic E-state index is 0.226. The largest absolute Gasteiger partial charge is 0.342 e. The Bertz CT molecular complexity index is 728. The molecule has 0 N–H and O–H groups in total. The first-order chi connectivity index (χ1) is 12.2. The molecule has 1 amide bonds. The summed E-state index contributed by atoms with van der Waals surface area (Å²) in [6.07, 6.45) is 6.08. The van der Waals surface area contributed by atoms with E-state index in [1.165, 1.54) is 5.56 Å². The Balaban J connectivity index is 1.31. The van der Waals surface area contributed by atoms with Crippen molar-refractivity contribution in [2.24, 2.45) is 5.92 Å². The summed E-state index contributed by atoms with van der Waals surface area (Å²) in [5, 5.41) is 3.97. The van der Waals surface area contributed by atoms with E-state index < -0.39 is 0 Å². The molecule has 2 fully saturated rings. The zero-order valence-electron chi connectivity index (χ0n) is 14.8. The molecule has 2 heterocycles. The SMILES string of the molecule is Cc1nc(CCC2CCN(C(=O)C3(c4ccccc4)CC3)CC2)no1. The van der Waals surface area contributed by atoms with Crippen LogP contribution in [0.4, 0.5) is 0 Å². The van der Waals surface area contributed by atoms with Crippen LogP contribution >= 0.6 is 0 Å². The summed E-state index contributed by atoms with van der Waals surface area (Å²) in [5.41, 5.74) is 0.964. The van der Waals surface area contributed by atoms with Gasteiger partial charge in [0.05, 0.1) is 5.41 Å². The summed E-state index contributed by atoms with van der Waals surface area (Å²) in [6.45, 7) is 3.58. The molecular weight excluding hydrogens is 314 g/mol. The summed E-state index contributed by atoms with van der Waals surface area (Å²) in [5.74, 6) is 2.42. The van der Waals surface area contributed by atoms with Crippen molar-refractivity contribution < 1.29 is 9.32 Å². The molecule has 25 heavy (non-hydrogen) atoms. The van der Waals surface area contributed by atoms with Crippen molar-refractivity contribution in [2.45, 2.75) is 50.9 Å². The van der Waals surface area contributed by atoms with Crippen LogP contribution < -0.4 is 0 Å². The van der Waals surface area contributed by atoms with Crippen LogP contribution in [0.1, 0.15) is 49.4 Å². The number of aromatic nitrogens is 2. The second-order valence-electron chi connectivity index (χ2n) is 7.45. The van der Waals surface area contributed by atoms with Gasteiger partial charge in [0.15, 0.2) is 5.82 Å². The lowest BCUT2D eigenvalue weighted by Crippen LogP contribution is -2.44. The normalized spacial score (nSPS) is 19.8.